The molecule has 6 heteroatoms. The SMILES string of the molecule is CCC1=C(CC)P(c2ccccc2)P(P2P(c3ccccc3)C(CC)=C(CC)P2c2ccccc2)P1c1ccccc1. The normalized spacial score (nSPS) is 25.8. The topological polar surface area (TPSA) is 0 Å². The van der Waals surface area contributed by atoms with Gasteiger partial charge in [0, 0.05) is 0 Å². The van der Waals surface area contributed by atoms with E-state index in [9.17, 15) is 0 Å². The number of benzene rings is 4. The summed E-state index contributed by atoms with van der Waals surface area (Å²) in [5.74, 6) is 0. The Balaban J connectivity index is 1.66. The summed E-state index contributed by atoms with van der Waals surface area (Å²) in [4.78, 5) is 0. The molecule has 0 N–H and O–H groups in total. The fourth-order valence-electron chi connectivity index (χ4n) is 6.15. The maximum Gasteiger partial charge on any atom is -0.00309 e. The van der Waals surface area contributed by atoms with Crippen LogP contribution < -0.4 is 21.2 Å². The predicted octanol–water partition coefficient (Wildman–Crippen LogP) is 12.8. The molecule has 4 unspecified atom stereocenters. The van der Waals surface area contributed by atoms with Gasteiger partial charge < -0.3 is 0 Å². The molecule has 4 aromatic carbocycles. The van der Waals surface area contributed by atoms with Crippen LogP contribution in [0, 0.1) is 0 Å². The Morgan fingerprint density at radius 3 is 0.667 bits per heavy atom. The van der Waals surface area contributed by atoms with E-state index in [-0.39, 0.29) is 44.4 Å². The summed E-state index contributed by atoms with van der Waals surface area (Å²) in [5.41, 5.74) is 0. The number of hydrogen-bond donors (Lipinski definition) is 0. The molecular formula is C36H40P6. The lowest BCUT2D eigenvalue weighted by atomic mass is 10.3. The van der Waals surface area contributed by atoms with Crippen LogP contribution in [-0.4, -0.2) is 0 Å². The van der Waals surface area contributed by atoms with Crippen molar-refractivity contribution in [1.82, 2.24) is 0 Å². The van der Waals surface area contributed by atoms with Crippen molar-refractivity contribution in [2.45, 2.75) is 53.4 Å². The van der Waals surface area contributed by atoms with Gasteiger partial charge in [0.25, 0.3) is 0 Å². The van der Waals surface area contributed by atoms with Gasteiger partial charge in [-0.1, -0.05) is 149 Å². The minimum atomic E-state index is -0.361. The molecule has 0 nitrogen and oxygen atoms in total. The van der Waals surface area contributed by atoms with Crippen molar-refractivity contribution in [2.24, 2.45) is 0 Å². The van der Waals surface area contributed by atoms with Gasteiger partial charge in [-0.05, 0) is 113 Å². The largest absolute Gasteiger partial charge is 0.0622 e. The van der Waals surface area contributed by atoms with Gasteiger partial charge in [-0.25, -0.2) is 0 Å². The van der Waals surface area contributed by atoms with Crippen LogP contribution in [0.3, 0.4) is 0 Å². The van der Waals surface area contributed by atoms with Gasteiger partial charge in [-0.15, -0.1) is 0 Å². The van der Waals surface area contributed by atoms with Crippen LogP contribution in [0.15, 0.2) is 143 Å². The summed E-state index contributed by atoms with van der Waals surface area (Å²) in [7, 11) is -1.44. The van der Waals surface area contributed by atoms with Crippen molar-refractivity contribution in [2.75, 3.05) is 0 Å². The van der Waals surface area contributed by atoms with Gasteiger partial charge in [-0.2, -0.15) is 0 Å². The van der Waals surface area contributed by atoms with Crippen molar-refractivity contribution in [3.8, 4) is 0 Å². The van der Waals surface area contributed by atoms with Gasteiger partial charge in [-0.3, -0.25) is 0 Å². The van der Waals surface area contributed by atoms with E-state index in [1.54, 1.807) is 21.2 Å². The van der Waals surface area contributed by atoms with Crippen molar-refractivity contribution in [3.63, 3.8) is 0 Å². The standard InChI is InChI=1S/C36H40P6/c1-5-33-34(6-2)38(30-23-15-10-16-24-30)41(37(33)29-21-13-9-14-22-29)42-39(31-25-17-11-18-26-31)35(7-3)36(8-4)40(42)32-27-19-12-20-28-32/h9-28H,5-8H2,1-4H3. The summed E-state index contributed by atoms with van der Waals surface area (Å²) < 4.78 is 0. The molecule has 0 amide bonds. The highest BCUT2D eigenvalue weighted by molar-refractivity contribution is 9.08. The van der Waals surface area contributed by atoms with Crippen LogP contribution in [-0.2, 0) is 0 Å². The summed E-state index contributed by atoms with van der Waals surface area (Å²) in [6.07, 6.45) is 4.77. The molecule has 2 aliphatic rings. The lowest BCUT2D eigenvalue weighted by Crippen LogP contribution is -2.02. The van der Waals surface area contributed by atoms with Crippen LogP contribution in [0.5, 0.6) is 0 Å². The second kappa shape index (κ2) is 14.4. The number of allylic oxidation sites excluding steroid dienone is 4. The molecular weight excluding hydrogens is 618 g/mol. The molecule has 2 aliphatic heterocycles. The summed E-state index contributed by atoms with van der Waals surface area (Å²) >= 11 is 0. The quantitative estimate of drug-likeness (QED) is 0.157. The van der Waals surface area contributed by atoms with E-state index in [2.05, 4.69) is 149 Å². The maximum absolute atomic E-state index is 2.49. The second-order valence-electron chi connectivity index (χ2n) is 10.3. The fraction of sp³-hybridized carbons (Fsp3) is 0.222. The van der Waals surface area contributed by atoms with Crippen LogP contribution >= 0.6 is 44.4 Å². The smallest absolute Gasteiger partial charge is 0.00309 e. The lowest BCUT2D eigenvalue weighted by molar-refractivity contribution is 1.12. The predicted molar refractivity (Wildman–Crippen MR) is 201 cm³/mol. The molecule has 4 aromatic rings. The van der Waals surface area contributed by atoms with E-state index in [4.69, 9.17) is 0 Å². The van der Waals surface area contributed by atoms with E-state index >= 15 is 0 Å². The van der Waals surface area contributed by atoms with Crippen LogP contribution in [0.1, 0.15) is 53.4 Å². The molecule has 0 aromatic heterocycles. The number of hydrogen-bond acceptors (Lipinski definition) is 0. The molecule has 0 fully saturated rings. The van der Waals surface area contributed by atoms with E-state index in [1.165, 1.54) is 25.7 Å². The van der Waals surface area contributed by atoms with Crippen molar-refractivity contribution in [3.05, 3.63) is 143 Å². The first kappa shape index (κ1) is 30.9. The monoisotopic (exact) mass is 658 g/mol. The Bertz CT molecular complexity index is 1300. The summed E-state index contributed by atoms with van der Waals surface area (Å²) in [5, 5.41) is 13.9. The molecule has 0 aliphatic carbocycles. The number of rotatable bonds is 9. The Hall–Kier alpha value is -1.06. The Labute approximate surface area is 260 Å². The van der Waals surface area contributed by atoms with Crippen molar-refractivity contribution < 1.29 is 0 Å². The fourth-order valence-corrected chi connectivity index (χ4v) is 71.1. The van der Waals surface area contributed by atoms with Crippen molar-refractivity contribution in [1.29, 1.82) is 0 Å². The molecule has 42 heavy (non-hydrogen) atoms. The van der Waals surface area contributed by atoms with E-state index in [0.717, 1.165) is 0 Å². The molecule has 214 valence electrons. The average Bonchev–Trinajstić information content (AvgIpc) is 3.58. The molecule has 0 saturated carbocycles. The highest BCUT2D eigenvalue weighted by Crippen LogP contribution is 3.20. The molecule has 0 saturated heterocycles. The highest BCUT2D eigenvalue weighted by Gasteiger charge is 2.54. The third kappa shape index (κ3) is 5.73. The van der Waals surface area contributed by atoms with Crippen LogP contribution in [0.2, 0.25) is 0 Å². The molecule has 6 rings (SSSR count). The van der Waals surface area contributed by atoms with Gasteiger partial charge in [0.05, 0.1) is 0 Å². The van der Waals surface area contributed by atoms with Gasteiger partial charge in [0.1, 0.15) is 0 Å². The Morgan fingerprint density at radius 2 is 0.500 bits per heavy atom. The molecule has 4 atom stereocenters. The van der Waals surface area contributed by atoms with E-state index in [1.807, 2.05) is 21.3 Å². The maximum atomic E-state index is 2.49. The molecule has 2 heterocycles. The zero-order valence-corrected chi connectivity index (χ0v) is 30.4. The Kier molecular flexibility index (Phi) is 10.6. The first-order valence-corrected chi connectivity index (χ1v) is 26.8. The average molecular weight is 659 g/mol. The zero-order chi connectivity index (χ0) is 29.1. The van der Waals surface area contributed by atoms with E-state index in [0.29, 0.717) is 0 Å². The third-order valence-corrected chi connectivity index (χ3v) is 52.9. The molecule has 0 radical (unpaired) electrons. The van der Waals surface area contributed by atoms with Crippen molar-refractivity contribution >= 4 is 65.6 Å². The van der Waals surface area contributed by atoms with Crippen LogP contribution in [0.4, 0.5) is 0 Å². The van der Waals surface area contributed by atoms with Gasteiger partial charge >= 0.3 is 0 Å². The summed E-state index contributed by atoms with van der Waals surface area (Å²) in [6, 6.07) is 47.2. The molecule has 0 bridgehead atoms. The minimum absolute atomic E-state index is 0.270. The molecule has 0 spiro atoms. The van der Waals surface area contributed by atoms with Gasteiger partial charge in [0.15, 0.2) is 0 Å². The first-order chi connectivity index (χ1) is 20.7. The second-order valence-corrected chi connectivity index (χ2v) is 35.8. The zero-order valence-electron chi connectivity index (χ0n) is 25.1. The minimum Gasteiger partial charge on any atom is -0.0622 e. The lowest BCUT2D eigenvalue weighted by Gasteiger charge is -2.41. The van der Waals surface area contributed by atoms with Gasteiger partial charge in [0.2, 0.25) is 0 Å². The summed E-state index contributed by atoms with van der Waals surface area (Å²) in [6.45, 7) is 9.28. The Morgan fingerprint density at radius 1 is 0.310 bits per heavy atom. The van der Waals surface area contributed by atoms with Crippen LogP contribution in [0.25, 0.3) is 0 Å². The highest BCUT2D eigenvalue weighted by atomic mass is 33.0. The van der Waals surface area contributed by atoms with E-state index < -0.39 is 0 Å². The first-order valence-electron chi connectivity index (χ1n) is 15.2. The third-order valence-electron chi connectivity index (χ3n) is 7.91.